The van der Waals surface area contributed by atoms with Gasteiger partial charge in [0.05, 0.1) is 21.9 Å². The van der Waals surface area contributed by atoms with Crippen molar-refractivity contribution in [1.82, 2.24) is 15.1 Å². The molecule has 0 aromatic carbocycles. The molecule has 1 unspecified atom stereocenters. The standard InChI is InChI=1S/C11H16BrN3/c1-5-8(3)13-7-10-11(12)9(4)14-15(10)6-2/h1,8,13H,6-7H2,2-4H3. The number of aromatic nitrogens is 2. The van der Waals surface area contributed by atoms with Gasteiger partial charge in [0.15, 0.2) is 0 Å². The number of nitrogens with zero attached hydrogens (tertiary/aromatic N) is 2. The minimum absolute atomic E-state index is 0.0809. The minimum atomic E-state index is 0.0809. The fourth-order valence-electron chi connectivity index (χ4n) is 1.35. The Kier molecular flexibility index (Phi) is 4.37. The van der Waals surface area contributed by atoms with Gasteiger partial charge in [0, 0.05) is 13.1 Å². The van der Waals surface area contributed by atoms with Gasteiger partial charge in [0.2, 0.25) is 0 Å². The van der Waals surface area contributed by atoms with Gasteiger partial charge in [-0.15, -0.1) is 6.42 Å². The summed E-state index contributed by atoms with van der Waals surface area (Å²) in [7, 11) is 0. The van der Waals surface area contributed by atoms with Crippen LogP contribution < -0.4 is 5.32 Å². The molecule has 1 N–H and O–H groups in total. The van der Waals surface area contributed by atoms with Crippen molar-refractivity contribution >= 4 is 15.9 Å². The quantitative estimate of drug-likeness (QED) is 0.849. The van der Waals surface area contributed by atoms with Crippen LogP contribution in [0.2, 0.25) is 0 Å². The van der Waals surface area contributed by atoms with Gasteiger partial charge >= 0.3 is 0 Å². The number of aryl methyl sites for hydroxylation is 2. The molecule has 0 aliphatic carbocycles. The van der Waals surface area contributed by atoms with Crippen molar-refractivity contribution in [3.8, 4) is 12.3 Å². The number of terminal acetylenes is 1. The van der Waals surface area contributed by atoms with E-state index in [1.165, 1.54) is 0 Å². The zero-order valence-corrected chi connectivity index (χ0v) is 10.9. The van der Waals surface area contributed by atoms with Crippen LogP contribution >= 0.6 is 15.9 Å². The van der Waals surface area contributed by atoms with Crippen molar-refractivity contribution in [2.45, 2.75) is 39.9 Å². The first-order chi connectivity index (χ1) is 7.10. The normalized spacial score (nSPS) is 12.5. The van der Waals surface area contributed by atoms with Crippen LogP contribution in [0.3, 0.4) is 0 Å². The van der Waals surface area contributed by atoms with Gasteiger partial charge in [-0.1, -0.05) is 5.92 Å². The Morgan fingerprint density at radius 3 is 2.87 bits per heavy atom. The summed E-state index contributed by atoms with van der Waals surface area (Å²) < 4.78 is 3.05. The van der Waals surface area contributed by atoms with Gasteiger partial charge in [-0.2, -0.15) is 5.10 Å². The van der Waals surface area contributed by atoms with E-state index < -0.39 is 0 Å². The zero-order valence-electron chi connectivity index (χ0n) is 9.34. The summed E-state index contributed by atoms with van der Waals surface area (Å²) in [5.41, 5.74) is 2.17. The van der Waals surface area contributed by atoms with Crippen LogP contribution in [0.25, 0.3) is 0 Å². The number of rotatable bonds is 4. The molecule has 0 saturated heterocycles. The number of nitrogens with one attached hydrogen (secondary N) is 1. The third kappa shape index (κ3) is 2.83. The Morgan fingerprint density at radius 2 is 2.33 bits per heavy atom. The van der Waals surface area contributed by atoms with Crippen LogP contribution in [-0.4, -0.2) is 15.8 Å². The lowest BCUT2D eigenvalue weighted by molar-refractivity contribution is 0.565. The van der Waals surface area contributed by atoms with Gasteiger partial charge in [-0.05, 0) is 36.7 Å². The largest absolute Gasteiger partial charge is 0.298 e. The molecule has 0 saturated carbocycles. The summed E-state index contributed by atoms with van der Waals surface area (Å²) in [6.07, 6.45) is 5.30. The van der Waals surface area contributed by atoms with Crippen LogP contribution in [0.1, 0.15) is 25.2 Å². The average Bonchev–Trinajstić information content (AvgIpc) is 2.52. The SMILES string of the molecule is C#CC(C)NCc1c(Br)c(C)nn1CC. The zero-order chi connectivity index (χ0) is 11.4. The lowest BCUT2D eigenvalue weighted by Crippen LogP contribution is -2.25. The highest BCUT2D eigenvalue weighted by Gasteiger charge is 2.11. The van der Waals surface area contributed by atoms with Crippen molar-refractivity contribution < 1.29 is 0 Å². The molecule has 0 fully saturated rings. The highest BCUT2D eigenvalue weighted by molar-refractivity contribution is 9.10. The Bertz CT molecular complexity index is 376. The molecule has 0 bridgehead atoms. The molecule has 0 aliphatic heterocycles. The van der Waals surface area contributed by atoms with Gasteiger partial charge in [-0.25, -0.2) is 0 Å². The molecule has 0 spiro atoms. The fraction of sp³-hybridized carbons (Fsp3) is 0.545. The number of hydrogen-bond acceptors (Lipinski definition) is 2. The summed E-state index contributed by atoms with van der Waals surface area (Å²) in [4.78, 5) is 0. The van der Waals surface area contributed by atoms with Crippen molar-refractivity contribution in [1.29, 1.82) is 0 Å². The maximum absolute atomic E-state index is 5.30. The highest BCUT2D eigenvalue weighted by atomic mass is 79.9. The predicted octanol–water partition coefficient (Wildman–Crippen LogP) is 2.09. The molecule has 15 heavy (non-hydrogen) atoms. The molecular weight excluding hydrogens is 254 g/mol. The number of hydrogen-bond donors (Lipinski definition) is 1. The van der Waals surface area contributed by atoms with Crippen molar-refractivity contribution in [3.05, 3.63) is 15.9 Å². The third-order valence-corrected chi connectivity index (χ3v) is 3.31. The molecule has 1 atom stereocenters. The van der Waals surface area contributed by atoms with Crippen LogP contribution in [0.4, 0.5) is 0 Å². The summed E-state index contributed by atoms with van der Waals surface area (Å²) in [5, 5.41) is 7.66. The van der Waals surface area contributed by atoms with Crippen LogP contribution in [0.5, 0.6) is 0 Å². The average molecular weight is 270 g/mol. The fourth-order valence-corrected chi connectivity index (χ4v) is 1.77. The molecule has 0 aliphatic rings. The second kappa shape index (κ2) is 5.34. The first kappa shape index (κ1) is 12.3. The molecular formula is C11H16BrN3. The maximum atomic E-state index is 5.30. The molecule has 4 heteroatoms. The first-order valence-corrected chi connectivity index (χ1v) is 5.80. The topological polar surface area (TPSA) is 29.9 Å². The second-order valence-electron chi connectivity index (χ2n) is 3.43. The Morgan fingerprint density at radius 1 is 1.67 bits per heavy atom. The third-order valence-electron chi connectivity index (χ3n) is 2.28. The van der Waals surface area contributed by atoms with E-state index in [0.717, 1.165) is 29.0 Å². The Labute approximate surface area is 99.4 Å². The van der Waals surface area contributed by atoms with Gasteiger partial charge in [0.25, 0.3) is 0 Å². The van der Waals surface area contributed by atoms with E-state index in [9.17, 15) is 0 Å². The van der Waals surface area contributed by atoms with E-state index in [2.05, 4.69) is 39.2 Å². The van der Waals surface area contributed by atoms with E-state index in [1.807, 2.05) is 18.5 Å². The van der Waals surface area contributed by atoms with Gasteiger partial charge in [-0.3, -0.25) is 10.00 Å². The van der Waals surface area contributed by atoms with E-state index in [0.29, 0.717) is 0 Å². The molecule has 1 aromatic heterocycles. The van der Waals surface area contributed by atoms with Crippen LogP contribution in [0, 0.1) is 19.3 Å². The molecule has 1 rings (SSSR count). The van der Waals surface area contributed by atoms with Crippen molar-refractivity contribution in [2.24, 2.45) is 0 Å². The van der Waals surface area contributed by atoms with E-state index in [1.54, 1.807) is 0 Å². The summed E-state index contributed by atoms with van der Waals surface area (Å²) in [5.74, 6) is 2.64. The van der Waals surface area contributed by atoms with Gasteiger partial charge < -0.3 is 0 Å². The van der Waals surface area contributed by atoms with Gasteiger partial charge in [0.1, 0.15) is 0 Å². The van der Waals surface area contributed by atoms with Crippen LogP contribution in [0.15, 0.2) is 4.47 Å². The molecule has 0 amide bonds. The lowest BCUT2D eigenvalue weighted by atomic mass is 10.3. The molecule has 0 radical (unpaired) electrons. The molecule has 82 valence electrons. The summed E-state index contributed by atoms with van der Waals surface area (Å²) >= 11 is 3.54. The van der Waals surface area contributed by atoms with Crippen LogP contribution in [-0.2, 0) is 13.1 Å². The lowest BCUT2D eigenvalue weighted by Gasteiger charge is -2.09. The predicted molar refractivity (Wildman–Crippen MR) is 65.5 cm³/mol. The monoisotopic (exact) mass is 269 g/mol. The second-order valence-corrected chi connectivity index (χ2v) is 4.22. The number of halogens is 1. The molecule has 1 heterocycles. The van der Waals surface area contributed by atoms with Crippen molar-refractivity contribution in [2.75, 3.05) is 0 Å². The molecule has 1 aromatic rings. The smallest absolute Gasteiger partial charge is 0.0739 e. The minimum Gasteiger partial charge on any atom is -0.298 e. The Hall–Kier alpha value is -0.790. The van der Waals surface area contributed by atoms with E-state index >= 15 is 0 Å². The van der Waals surface area contributed by atoms with E-state index in [4.69, 9.17) is 6.42 Å². The highest BCUT2D eigenvalue weighted by Crippen LogP contribution is 2.20. The first-order valence-electron chi connectivity index (χ1n) is 5.01. The van der Waals surface area contributed by atoms with Crippen molar-refractivity contribution in [3.63, 3.8) is 0 Å². The summed E-state index contributed by atoms with van der Waals surface area (Å²) in [6.45, 7) is 7.64. The van der Waals surface area contributed by atoms with E-state index in [-0.39, 0.29) is 6.04 Å². The summed E-state index contributed by atoms with van der Waals surface area (Å²) in [6, 6.07) is 0.0809. The Balaban J connectivity index is 2.80. The molecule has 3 nitrogen and oxygen atoms in total. The maximum Gasteiger partial charge on any atom is 0.0739 e.